The quantitative estimate of drug-likeness (QED) is 0.632. The molecule has 0 aliphatic rings. The van der Waals surface area contributed by atoms with Crippen LogP contribution in [0.4, 0.5) is 15.8 Å². The minimum Gasteiger partial charge on any atom is -0.375 e. The van der Waals surface area contributed by atoms with E-state index in [-0.39, 0.29) is 11.4 Å². The van der Waals surface area contributed by atoms with E-state index in [1.807, 2.05) is 0 Å². The number of nitrogens with one attached hydrogen (secondary N) is 1. The molecule has 0 heterocycles. The Morgan fingerprint density at radius 1 is 1.30 bits per heavy atom. The zero-order valence-electron chi connectivity index (χ0n) is 10.1. The average molecular weight is 360 g/mol. The lowest BCUT2D eigenvalue weighted by Gasteiger charge is -2.09. The Labute approximate surface area is 127 Å². The van der Waals surface area contributed by atoms with Gasteiger partial charge < -0.3 is 5.32 Å². The minimum atomic E-state index is -0.647. The summed E-state index contributed by atoms with van der Waals surface area (Å²) < 4.78 is 13.9. The van der Waals surface area contributed by atoms with Crippen molar-refractivity contribution in [2.45, 2.75) is 6.54 Å². The normalized spacial score (nSPS) is 10.3. The molecule has 0 unspecified atom stereocenters. The van der Waals surface area contributed by atoms with Gasteiger partial charge in [-0.15, -0.1) is 0 Å². The number of halogens is 3. The lowest BCUT2D eigenvalue weighted by Crippen LogP contribution is -2.03. The number of rotatable bonds is 4. The zero-order valence-corrected chi connectivity index (χ0v) is 12.4. The first-order chi connectivity index (χ1) is 9.47. The first-order valence-corrected chi connectivity index (χ1v) is 6.76. The van der Waals surface area contributed by atoms with E-state index in [9.17, 15) is 14.5 Å². The molecule has 104 valence electrons. The second-order valence-corrected chi connectivity index (χ2v) is 5.30. The van der Waals surface area contributed by atoms with Crippen molar-refractivity contribution in [1.82, 2.24) is 0 Å². The number of nitrogens with zero attached hydrogens (tertiary/aromatic N) is 1. The molecule has 0 spiro atoms. The van der Waals surface area contributed by atoms with Crippen LogP contribution in [0.15, 0.2) is 40.9 Å². The Morgan fingerprint density at radius 3 is 2.75 bits per heavy atom. The van der Waals surface area contributed by atoms with Gasteiger partial charge >= 0.3 is 0 Å². The van der Waals surface area contributed by atoms with Crippen LogP contribution in [0.1, 0.15) is 5.56 Å². The molecule has 7 heteroatoms. The van der Waals surface area contributed by atoms with Crippen LogP contribution in [-0.4, -0.2) is 4.92 Å². The standard InChI is InChI=1S/C13H9BrClFN2O2/c14-11-3-1-9(15)5-8(11)7-17-12-4-2-10(16)6-13(12)18(19)20/h1-6,17H,7H2. The predicted molar refractivity (Wildman–Crippen MR) is 79.5 cm³/mol. The minimum absolute atomic E-state index is 0.253. The van der Waals surface area contributed by atoms with Crippen molar-refractivity contribution in [1.29, 1.82) is 0 Å². The van der Waals surface area contributed by atoms with Gasteiger partial charge in [0.05, 0.1) is 11.0 Å². The van der Waals surface area contributed by atoms with E-state index in [4.69, 9.17) is 11.6 Å². The van der Waals surface area contributed by atoms with Crippen LogP contribution < -0.4 is 5.32 Å². The molecule has 20 heavy (non-hydrogen) atoms. The molecule has 1 N–H and O–H groups in total. The smallest absolute Gasteiger partial charge is 0.295 e. The largest absolute Gasteiger partial charge is 0.375 e. The fourth-order valence-corrected chi connectivity index (χ4v) is 2.26. The first kappa shape index (κ1) is 14.7. The maximum Gasteiger partial charge on any atom is 0.295 e. The van der Waals surface area contributed by atoms with Gasteiger partial charge in [0, 0.05) is 16.0 Å². The Morgan fingerprint density at radius 2 is 2.05 bits per heavy atom. The molecule has 0 aliphatic carbocycles. The number of anilines is 1. The van der Waals surface area contributed by atoms with Gasteiger partial charge in [-0.3, -0.25) is 10.1 Å². The van der Waals surface area contributed by atoms with E-state index >= 15 is 0 Å². The zero-order chi connectivity index (χ0) is 14.7. The average Bonchev–Trinajstić information content (AvgIpc) is 2.40. The molecule has 4 nitrogen and oxygen atoms in total. The van der Waals surface area contributed by atoms with Crippen molar-refractivity contribution in [3.63, 3.8) is 0 Å². The molecule has 0 fully saturated rings. The Balaban J connectivity index is 2.23. The number of nitro benzene ring substituents is 1. The molecule has 0 saturated heterocycles. The molecular formula is C13H9BrClFN2O2. The third kappa shape index (κ3) is 3.46. The van der Waals surface area contributed by atoms with Crippen LogP contribution in [0, 0.1) is 15.9 Å². The summed E-state index contributed by atoms with van der Waals surface area (Å²) in [6, 6.07) is 8.66. The summed E-state index contributed by atoms with van der Waals surface area (Å²) in [4.78, 5) is 10.2. The van der Waals surface area contributed by atoms with Crippen LogP contribution in [-0.2, 0) is 6.54 Å². The van der Waals surface area contributed by atoms with Gasteiger partial charge in [0.25, 0.3) is 5.69 Å². The summed E-state index contributed by atoms with van der Waals surface area (Å²) in [6.07, 6.45) is 0. The molecule has 0 bridgehead atoms. The Hall–Kier alpha value is -1.66. The van der Waals surface area contributed by atoms with Crippen LogP contribution in [0.2, 0.25) is 5.02 Å². The molecular weight excluding hydrogens is 351 g/mol. The molecule has 0 aromatic heterocycles. The fraction of sp³-hybridized carbons (Fsp3) is 0.0769. The van der Waals surface area contributed by atoms with Crippen molar-refractivity contribution >= 4 is 38.9 Å². The number of hydrogen-bond acceptors (Lipinski definition) is 3. The van der Waals surface area contributed by atoms with E-state index < -0.39 is 10.7 Å². The Kier molecular flexibility index (Phi) is 4.57. The van der Waals surface area contributed by atoms with Crippen LogP contribution in [0.25, 0.3) is 0 Å². The highest BCUT2D eigenvalue weighted by Gasteiger charge is 2.14. The highest BCUT2D eigenvalue weighted by molar-refractivity contribution is 9.10. The van der Waals surface area contributed by atoms with Gasteiger partial charge in [0.15, 0.2) is 0 Å². The van der Waals surface area contributed by atoms with E-state index in [1.54, 1.807) is 18.2 Å². The van der Waals surface area contributed by atoms with Gasteiger partial charge in [-0.05, 0) is 35.9 Å². The number of benzene rings is 2. The number of nitro groups is 1. The summed E-state index contributed by atoms with van der Waals surface area (Å²) in [5, 5.41) is 14.4. The topological polar surface area (TPSA) is 55.2 Å². The van der Waals surface area contributed by atoms with Gasteiger partial charge in [0.1, 0.15) is 11.5 Å². The first-order valence-electron chi connectivity index (χ1n) is 5.59. The molecule has 2 aromatic rings. The predicted octanol–water partition coefficient (Wildman–Crippen LogP) is 4.76. The molecule has 2 rings (SSSR count). The fourth-order valence-electron chi connectivity index (χ4n) is 1.67. The van der Waals surface area contributed by atoms with E-state index in [0.29, 0.717) is 11.6 Å². The van der Waals surface area contributed by atoms with Crippen molar-refractivity contribution in [3.05, 3.63) is 67.4 Å². The van der Waals surface area contributed by atoms with Crippen molar-refractivity contribution in [2.24, 2.45) is 0 Å². The summed E-state index contributed by atoms with van der Waals surface area (Å²) in [7, 11) is 0. The third-order valence-corrected chi connectivity index (χ3v) is 3.64. The van der Waals surface area contributed by atoms with Crippen LogP contribution in [0.3, 0.4) is 0 Å². The lowest BCUT2D eigenvalue weighted by atomic mass is 10.2. The molecule has 0 amide bonds. The van der Waals surface area contributed by atoms with Crippen molar-refractivity contribution in [2.75, 3.05) is 5.32 Å². The highest BCUT2D eigenvalue weighted by Crippen LogP contribution is 2.27. The molecule has 0 radical (unpaired) electrons. The van der Waals surface area contributed by atoms with E-state index in [0.717, 1.165) is 16.1 Å². The number of hydrogen-bond donors (Lipinski definition) is 1. The SMILES string of the molecule is O=[N+]([O-])c1cc(F)ccc1NCc1cc(Cl)ccc1Br. The van der Waals surface area contributed by atoms with Gasteiger partial charge in [-0.1, -0.05) is 27.5 Å². The second kappa shape index (κ2) is 6.19. The summed E-state index contributed by atoms with van der Waals surface area (Å²) >= 11 is 9.27. The Bertz CT molecular complexity index is 667. The van der Waals surface area contributed by atoms with Gasteiger partial charge in [-0.2, -0.15) is 0 Å². The van der Waals surface area contributed by atoms with E-state index in [1.165, 1.54) is 12.1 Å². The van der Waals surface area contributed by atoms with Gasteiger partial charge in [0.2, 0.25) is 0 Å². The van der Waals surface area contributed by atoms with Crippen LogP contribution >= 0.6 is 27.5 Å². The molecule has 0 atom stereocenters. The van der Waals surface area contributed by atoms with Crippen LogP contribution in [0.5, 0.6) is 0 Å². The van der Waals surface area contributed by atoms with Gasteiger partial charge in [-0.25, -0.2) is 4.39 Å². The highest BCUT2D eigenvalue weighted by atomic mass is 79.9. The lowest BCUT2D eigenvalue weighted by molar-refractivity contribution is -0.384. The van der Waals surface area contributed by atoms with E-state index in [2.05, 4.69) is 21.2 Å². The third-order valence-electron chi connectivity index (χ3n) is 2.63. The summed E-state index contributed by atoms with van der Waals surface area (Å²) in [5.41, 5.74) is 0.794. The van der Waals surface area contributed by atoms with Crippen molar-refractivity contribution in [3.8, 4) is 0 Å². The molecule has 2 aromatic carbocycles. The monoisotopic (exact) mass is 358 g/mol. The van der Waals surface area contributed by atoms with Crippen molar-refractivity contribution < 1.29 is 9.31 Å². The summed E-state index contributed by atoms with van der Waals surface area (Å²) in [5.74, 6) is -0.647. The molecule has 0 aliphatic heterocycles. The second-order valence-electron chi connectivity index (χ2n) is 4.01. The maximum absolute atomic E-state index is 13.0. The summed E-state index contributed by atoms with van der Waals surface area (Å²) in [6.45, 7) is 0.327. The molecule has 0 saturated carbocycles. The maximum atomic E-state index is 13.0.